The Balaban J connectivity index is 2.37. The van der Waals surface area contributed by atoms with Crippen molar-refractivity contribution in [3.05, 3.63) is 17.8 Å². The molecule has 0 aliphatic rings. The van der Waals surface area contributed by atoms with Crippen LogP contribution in [0.25, 0.3) is 10.2 Å². The molecule has 2 aromatic rings. The van der Waals surface area contributed by atoms with Gasteiger partial charge < -0.3 is 10.4 Å². The smallest absolute Gasteiger partial charge is 0.138 e. The molecule has 0 spiro atoms. The number of hydrogen-bond donors (Lipinski definition) is 2. The Bertz CT molecular complexity index is 493. The van der Waals surface area contributed by atoms with Gasteiger partial charge in [-0.1, -0.05) is 0 Å². The second-order valence-electron chi connectivity index (χ2n) is 4.38. The normalized spacial score (nSPS) is 14.0. The van der Waals surface area contributed by atoms with Gasteiger partial charge in [-0.15, -0.1) is 11.3 Å². The Morgan fingerprint density at radius 1 is 1.44 bits per heavy atom. The maximum absolute atomic E-state index is 9.66. The summed E-state index contributed by atoms with van der Waals surface area (Å²) in [5.74, 6) is 0.775. The molecule has 2 N–H and O–H groups in total. The van der Waals surface area contributed by atoms with Gasteiger partial charge in [0.05, 0.1) is 17.0 Å². The molecule has 0 aromatic carbocycles. The first-order chi connectivity index (χ1) is 7.50. The Kier molecular flexibility index (Phi) is 2.82. The minimum atomic E-state index is -0.462. The molecular formula is C11H15N3OS. The van der Waals surface area contributed by atoms with Crippen LogP contribution in [0.1, 0.15) is 20.8 Å². The monoisotopic (exact) mass is 237 g/mol. The molecule has 0 saturated carbocycles. The number of aliphatic hydroxyl groups is 1. The summed E-state index contributed by atoms with van der Waals surface area (Å²) in [4.78, 5) is 9.36. The van der Waals surface area contributed by atoms with Gasteiger partial charge in [-0.05, 0) is 32.2 Å². The van der Waals surface area contributed by atoms with Crippen LogP contribution in [0.2, 0.25) is 0 Å². The molecule has 0 amide bonds. The Morgan fingerprint density at radius 2 is 2.19 bits per heavy atom. The van der Waals surface area contributed by atoms with Crippen LogP contribution in [0, 0.1) is 0 Å². The van der Waals surface area contributed by atoms with Crippen molar-refractivity contribution in [2.45, 2.75) is 32.4 Å². The number of rotatable bonds is 3. The maximum Gasteiger partial charge on any atom is 0.138 e. The topological polar surface area (TPSA) is 58.0 Å². The minimum absolute atomic E-state index is 0.413. The predicted molar refractivity (Wildman–Crippen MR) is 66.8 cm³/mol. The predicted octanol–water partition coefficient (Wildman–Crippen LogP) is 2.26. The zero-order valence-corrected chi connectivity index (χ0v) is 10.4. The molecule has 0 fully saturated rings. The van der Waals surface area contributed by atoms with E-state index in [1.54, 1.807) is 24.6 Å². The lowest BCUT2D eigenvalue weighted by molar-refractivity contribution is 0.133. The molecule has 0 radical (unpaired) electrons. The fourth-order valence-electron chi connectivity index (χ4n) is 1.30. The van der Waals surface area contributed by atoms with E-state index in [-0.39, 0.29) is 0 Å². The van der Waals surface area contributed by atoms with Gasteiger partial charge in [0.2, 0.25) is 0 Å². The second-order valence-corrected chi connectivity index (χ2v) is 5.28. The van der Waals surface area contributed by atoms with E-state index < -0.39 is 11.6 Å². The summed E-state index contributed by atoms with van der Waals surface area (Å²) in [5, 5.41) is 15.9. The van der Waals surface area contributed by atoms with Crippen LogP contribution in [0.3, 0.4) is 0 Å². The number of aromatic nitrogens is 2. The van der Waals surface area contributed by atoms with Gasteiger partial charge in [0.15, 0.2) is 0 Å². The van der Waals surface area contributed by atoms with E-state index >= 15 is 0 Å². The highest BCUT2D eigenvalue weighted by molar-refractivity contribution is 7.16. The van der Waals surface area contributed by atoms with Gasteiger partial charge in [0.1, 0.15) is 17.0 Å². The van der Waals surface area contributed by atoms with E-state index in [1.165, 1.54) is 0 Å². The van der Waals surface area contributed by atoms with Crippen molar-refractivity contribution in [3.63, 3.8) is 0 Å². The van der Waals surface area contributed by atoms with Crippen LogP contribution in [-0.4, -0.2) is 26.7 Å². The van der Waals surface area contributed by atoms with Gasteiger partial charge in [-0.3, -0.25) is 0 Å². The molecule has 16 heavy (non-hydrogen) atoms. The van der Waals surface area contributed by atoms with Crippen molar-refractivity contribution in [3.8, 4) is 0 Å². The minimum Gasteiger partial charge on any atom is -0.391 e. The van der Waals surface area contributed by atoms with Crippen LogP contribution in [0.15, 0.2) is 17.8 Å². The van der Waals surface area contributed by atoms with Crippen LogP contribution >= 0.6 is 11.3 Å². The number of nitrogens with zero attached hydrogens (tertiary/aromatic N) is 2. The molecule has 0 aliphatic carbocycles. The average Bonchev–Trinajstić information content (AvgIpc) is 2.65. The fraction of sp³-hybridized carbons (Fsp3) is 0.455. The number of hydrogen-bond acceptors (Lipinski definition) is 5. The summed E-state index contributed by atoms with van der Waals surface area (Å²) < 4.78 is 0. The van der Waals surface area contributed by atoms with Crippen molar-refractivity contribution in [1.82, 2.24) is 9.97 Å². The van der Waals surface area contributed by atoms with Crippen molar-refractivity contribution < 1.29 is 5.11 Å². The van der Waals surface area contributed by atoms with Crippen LogP contribution in [0.4, 0.5) is 5.82 Å². The first-order valence-electron chi connectivity index (χ1n) is 5.15. The highest BCUT2D eigenvalue weighted by Crippen LogP contribution is 2.26. The molecule has 86 valence electrons. The third-order valence-electron chi connectivity index (χ3n) is 2.75. The molecule has 1 atom stereocenters. The lowest BCUT2D eigenvalue weighted by Crippen LogP contribution is -2.42. The SMILES string of the molecule is CC(O)C(C)(C)Nc1ncnc2sccc12. The molecule has 4 nitrogen and oxygen atoms in total. The van der Waals surface area contributed by atoms with E-state index in [9.17, 15) is 5.11 Å². The van der Waals surface area contributed by atoms with Gasteiger partial charge in [-0.25, -0.2) is 9.97 Å². The molecule has 0 bridgehead atoms. The quantitative estimate of drug-likeness (QED) is 0.859. The molecule has 2 heterocycles. The van der Waals surface area contributed by atoms with E-state index in [0.29, 0.717) is 0 Å². The highest BCUT2D eigenvalue weighted by Gasteiger charge is 2.24. The molecular weight excluding hydrogens is 222 g/mol. The Labute approximate surface area is 98.4 Å². The summed E-state index contributed by atoms with van der Waals surface area (Å²) in [6, 6.07) is 1.99. The van der Waals surface area contributed by atoms with E-state index in [1.807, 2.05) is 25.3 Å². The van der Waals surface area contributed by atoms with Crippen molar-refractivity contribution in [1.29, 1.82) is 0 Å². The fourth-order valence-corrected chi connectivity index (χ4v) is 2.03. The molecule has 2 aromatic heterocycles. The highest BCUT2D eigenvalue weighted by atomic mass is 32.1. The van der Waals surface area contributed by atoms with Gasteiger partial charge in [0, 0.05) is 0 Å². The zero-order chi connectivity index (χ0) is 11.8. The summed E-state index contributed by atoms with van der Waals surface area (Å²) in [7, 11) is 0. The third kappa shape index (κ3) is 2.01. The Morgan fingerprint density at radius 3 is 2.88 bits per heavy atom. The molecule has 5 heteroatoms. The standard InChI is InChI=1S/C11H15N3OS/c1-7(15)11(2,3)14-9-8-4-5-16-10(8)13-6-12-9/h4-7,15H,1-3H3,(H,12,13,14). The summed E-state index contributed by atoms with van der Waals surface area (Å²) in [5.41, 5.74) is -0.413. The van der Waals surface area contributed by atoms with E-state index in [0.717, 1.165) is 16.0 Å². The Hall–Kier alpha value is -1.20. The van der Waals surface area contributed by atoms with Crippen molar-refractivity contribution in [2.24, 2.45) is 0 Å². The van der Waals surface area contributed by atoms with Crippen LogP contribution in [-0.2, 0) is 0 Å². The molecule has 0 saturated heterocycles. The lowest BCUT2D eigenvalue weighted by Gasteiger charge is -2.30. The van der Waals surface area contributed by atoms with Gasteiger partial charge in [0.25, 0.3) is 0 Å². The largest absolute Gasteiger partial charge is 0.391 e. The maximum atomic E-state index is 9.66. The van der Waals surface area contributed by atoms with Gasteiger partial charge >= 0.3 is 0 Å². The second kappa shape index (κ2) is 3.99. The summed E-state index contributed by atoms with van der Waals surface area (Å²) in [6.07, 6.45) is 1.08. The third-order valence-corrected chi connectivity index (χ3v) is 3.57. The number of anilines is 1. The molecule has 1 unspecified atom stereocenters. The lowest BCUT2D eigenvalue weighted by atomic mass is 9.99. The van der Waals surface area contributed by atoms with Crippen molar-refractivity contribution in [2.75, 3.05) is 5.32 Å². The molecule has 0 aliphatic heterocycles. The zero-order valence-electron chi connectivity index (χ0n) is 9.56. The number of thiophene rings is 1. The molecule has 2 rings (SSSR count). The first-order valence-corrected chi connectivity index (χ1v) is 6.03. The summed E-state index contributed by atoms with van der Waals surface area (Å²) >= 11 is 1.58. The van der Waals surface area contributed by atoms with Crippen molar-refractivity contribution >= 4 is 27.4 Å². The van der Waals surface area contributed by atoms with Crippen LogP contribution < -0.4 is 5.32 Å². The first kappa shape index (κ1) is 11.3. The van der Waals surface area contributed by atoms with Gasteiger partial charge in [-0.2, -0.15) is 0 Å². The van der Waals surface area contributed by atoms with E-state index in [4.69, 9.17) is 0 Å². The average molecular weight is 237 g/mol. The number of fused-ring (bicyclic) bond motifs is 1. The summed E-state index contributed by atoms with van der Waals surface area (Å²) in [6.45, 7) is 5.65. The van der Waals surface area contributed by atoms with Crippen LogP contribution in [0.5, 0.6) is 0 Å². The number of nitrogens with one attached hydrogen (secondary N) is 1. The number of aliphatic hydroxyl groups excluding tert-OH is 1. The van der Waals surface area contributed by atoms with E-state index in [2.05, 4.69) is 15.3 Å².